The monoisotopic (exact) mass is 331 g/mol. The lowest BCUT2D eigenvalue weighted by atomic mass is 10.2. The zero-order valence-electron chi connectivity index (χ0n) is 10.7. The van der Waals surface area contributed by atoms with Crippen molar-refractivity contribution in [1.82, 2.24) is 9.38 Å². The minimum Gasteiger partial charge on any atom is -0.475 e. The van der Waals surface area contributed by atoms with Gasteiger partial charge in [-0.25, -0.2) is 9.78 Å². The number of carboxylic acids is 1. The summed E-state index contributed by atoms with van der Waals surface area (Å²) in [5.41, 5.74) is 6.81. The van der Waals surface area contributed by atoms with Crippen molar-refractivity contribution in [3.05, 3.63) is 36.2 Å². The van der Waals surface area contributed by atoms with E-state index in [0.29, 0.717) is 5.56 Å². The molecule has 3 aromatic rings. The van der Waals surface area contributed by atoms with Crippen molar-refractivity contribution >= 4 is 38.4 Å². The highest BCUT2D eigenvalue weighted by Crippen LogP contribution is 2.26. The summed E-state index contributed by atoms with van der Waals surface area (Å²) in [4.78, 5) is 25.0. The van der Waals surface area contributed by atoms with Gasteiger partial charge in [0.1, 0.15) is 0 Å². The second kappa shape index (κ2) is 5.64. The fraction of sp³-hybridized carbons (Fsp3) is 0.0833. The molecule has 0 unspecified atom stereocenters. The number of hydrogen-bond acceptors (Lipinski definition) is 4. The van der Waals surface area contributed by atoms with E-state index in [1.165, 1.54) is 0 Å². The van der Waals surface area contributed by atoms with Gasteiger partial charge in [-0.2, -0.15) is 13.2 Å². The number of halogens is 3. The highest BCUT2D eigenvalue weighted by molar-refractivity contribution is 7.23. The number of carbonyl (C=O) groups excluding carboxylic acids is 1. The Kier molecular flexibility index (Phi) is 4.04. The van der Waals surface area contributed by atoms with Gasteiger partial charge in [0.2, 0.25) is 5.91 Å². The van der Waals surface area contributed by atoms with Crippen molar-refractivity contribution in [1.29, 1.82) is 0 Å². The summed E-state index contributed by atoms with van der Waals surface area (Å²) in [5.74, 6) is -3.16. The molecule has 0 spiro atoms. The summed E-state index contributed by atoms with van der Waals surface area (Å²) in [5, 5.41) is 7.12. The fourth-order valence-electron chi connectivity index (χ4n) is 1.60. The molecular weight excluding hydrogens is 323 g/mol. The van der Waals surface area contributed by atoms with Gasteiger partial charge in [-0.05, 0) is 18.2 Å². The van der Waals surface area contributed by atoms with E-state index in [0.717, 1.165) is 15.2 Å². The second-order valence-corrected chi connectivity index (χ2v) is 5.04. The molecule has 1 amide bonds. The Balaban J connectivity index is 0.000000217. The smallest absolute Gasteiger partial charge is 0.475 e. The van der Waals surface area contributed by atoms with Crippen molar-refractivity contribution in [2.75, 3.05) is 0 Å². The Morgan fingerprint density at radius 3 is 2.50 bits per heavy atom. The molecule has 3 N–H and O–H groups in total. The van der Waals surface area contributed by atoms with Crippen LogP contribution in [0.4, 0.5) is 13.2 Å². The van der Waals surface area contributed by atoms with Crippen LogP contribution in [0.1, 0.15) is 10.4 Å². The fourth-order valence-corrected chi connectivity index (χ4v) is 2.62. The predicted octanol–water partition coefficient (Wildman–Crippen LogP) is 2.28. The van der Waals surface area contributed by atoms with Crippen LogP contribution < -0.4 is 5.73 Å². The average molecular weight is 331 g/mol. The third kappa shape index (κ3) is 3.17. The normalized spacial score (nSPS) is 11.2. The molecule has 116 valence electrons. The van der Waals surface area contributed by atoms with Gasteiger partial charge in [-0.1, -0.05) is 11.3 Å². The maximum absolute atomic E-state index is 11.0. The third-order valence-electron chi connectivity index (χ3n) is 2.55. The molecule has 3 rings (SSSR count). The predicted molar refractivity (Wildman–Crippen MR) is 72.8 cm³/mol. The Morgan fingerprint density at radius 2 is 1.95 bits per heavy atom. The lowest BCUT2D eigenvalue weighted by Gasteiger charge is -1.94. The van der Waals surface area contributed by atoms with Gasteiger partial charge in [0, 0.05) is 18.0 Å². The number of nitrogens with two attached hydrogens (primary N) is 1. The molecule has 0 saturated heterocycles. The number of imidazole rings is 1. The number of aromatic nitrogens is 2. The first-order chi connectivity index (χ1) is 10.2. The van der Waals surface area contributed by atoms with E-state index in [1.807, 2.05) is 16.7 Å². The molecule has 0 bridgehead atoms. The summed E-state index contributed by atoms with van der Waals surface area (Å²) >= 11 is 1.54. The number of aliphatic carboxylic acids is 1. The number of amides is 1. The van der Waals surface area contributed by atoms with Crippen LogP contribution in [0, 0.1) is 0 Å². The first kappa shape index (κ1) is 15.8. The Labute approximate surface area is 124 Å². The first-order valence-corrected chi connectivity index (χ1v) is 6.47. The number of primary amides is 1. The molecule has 0 fully saturated rings. The Hall–Kier alpha value is -2.62. The maximum Gasteiger partial charge on any atom is 0.490 e. The van der Waals surface area contributed by atoms with E-state index >= 15 is 0 Å². The maximum atomic E-state index is 11.0. The van der Waals surface area contributed by atoms with Gasteiger partial charge in [0.25, 0.3) is 0 Å². The number of carboxylic acid groups (broad SMARTS) is 1. The van der Waals surface area contributed by atoms with Crippen LogP contribution in [-0.2, 0) is 4.79 Å². The van der Waals surface area contributed by atoms with Crippen LogP contribution in [0.25, 0.3) is 15.2 Å². The highest BCUT2D eigenvalue weighted by Gasteiger charge is 2.38. The van der Waals surface area contributed by atoms with Gasteiger partial charge >= 0.3 is 12.1 Å². The molecule has 22 heavy (non-hydrogen) atoms. The second-order valence-electron chi connectivity index (χ2n) is 4.03. The molecule has 0 aliphatic rings. The van der Waals surface area contributed by atoms with E-state index in [2.05, 4.69) is 4.98 Å². The molecule has 0 aliphatic carbocycles. The van der Waals surface area contributed by atoms with Gasteiger partial charge in [0.05, 0.1) is 10.2 Å². The van der Waals surface area contributed by atoms with Crippen LogP contribution >= 0.6 is 11.3 Å². The molecule has 10 heteroatoms. The largest absolute Gasteiger partial charge is 0.490 e. The topological polar surface area (TPSA) is 97.7 Å². The van der Waals surface area contributed by atoms with E-state index in [1.54, 1.807) is 29.7 Å². The lowest BCUT2D eigenvalue weighted by molar-refractivity contribution is -0.192. The highest BCUT2D eigenvalue weighted by atomic mass is 32.1. The van der Waals surface area contributed by atoms with Crippen LogP contribution in [-0.4, -0.2) is 32.5 Å². The number of hydrogen-bond donors (Lipinski definition) is 2. The molecule has 2 heterocycles. The molecule has 2 aromatic heterocycles. The van der Waals surface area contributed by atoms with E-state index < -0.39 is 18.1 Å². The van der Waals surface area contributed by atoms with Crippen molar-refractivity contribution in [2.45, 2.75) is 6.18 Å². The van der Waals surface area contributed by atoms with Gasteiger partial charge in [-0.15, -0.1) is 0 Å². The Morgan fingerprint density at radius 1 is 1.32 bits per heavy atom. The van der Waals surface area contributed by atoms with Crippen LogP contribution in [0.3, 0.4) is 0 Å². The van der Waals surface area contributed by atoms with Crippen LogP contribution in [0.5, 0.6) is 0 Å². The summed E-state index contributed by atoms with van der Waals surface area (Å²) in [7, 11) is 0. The van der Waals surface area contributed by atoms with E-state index in [-0.39, 0.29) is 0 Å². The van der Waals surface area contributed by atoms with Crippen molar-refractivity contribution in [2.24, 2.45) is 5.73 Å². The summed E-state index contributed by atoms with van der Waals surface area (Å²) < 4.78 is 34.7. The van der Waals surface area contributed by atoms with Crippen molar-refractivity contribution in [3.8, 4) is 0 Å². The molecule has 1 aromatic carbocycles. The zero-order chi connectivity index (χ0) is 16.5. The summed E-state index contributed by atoms with van der Waals surface area (Å²) in [6, 6.07) is 5.43. The molecule has 0 radical (unpaired) electrons. The summed E-state index contributed by atoms with van der Waals surface area (Å²) in [6.07, 6.45) is -1.43. The molecule has 0 aliphatic heterocycles. The Bertz CT molecular complexity index is 853. The third-order valence-corrected chi connectivity index (χ3v) is 3.59. The SMILES string of the molecule is NC(=O)c1ccc2c(c1)sc1nccn12.O=C(O)C(F)(F)F. The van der Waals surface area contributed by atoms with Gasteiger partial charge in [-0.3, -0.25) is 9.20 Å². The van der Waals surface area contributed by atoms with Crippen molar-refractivity contribution in [3.63, 3.8) is 0 Å². The number of nitrogens with zero attached hydrogens (tertiary/aromatic N) is 2. The van der Waals surface area contributed by atoms with E-state index in [4.69, 9.17) is 15.6 Å². The van der Waals surface area contributed by atoms with E-state index in [9.17, 15) is 18.0 Å². The molecule has 0 saturated carbocycles. The van der Waals surface area contributed by atoms with Crippen LogP contribution in [0.2, 0.25) is 0 Å². The zero-order valence-corrected chi connectivity index (χ0v) is 11.5. The number of carbonyl (C=O) groups is 2. The minimum atomic E-state index is -5.08. The average Bonchev–Trinajstić information content (AvgIpc) is 2.97. The number of fused-ring (bicyclic) bond motifs is 3. The molecule has 6 nitrogen and oxygen atoms in total. The lowest BCUT2D eigenvalue weighted by Crippen LogP contribution is -2.21. The number of benzene rings is 1. The summed E-state index contributed by atoms with van der Waals surface area (Å²) in [6.45, 7) is 0. The minimum absolute atomic E-state index is 0.400. The number of thiazole rings is 1. The van der Waals surface area contributed by atoms with Crippen molar-refractivity contribution < 1.29 is 27.9 Å². The molecular formula is C12H8F3N3O3S. The van der Waals surface area contributed by atoms with Gasteiger partial charge < -0.3 is 10.8 Å². The molecule has 0 atom stereocenters. The van der Waals surface area contributed by atoms with Gasteiger partial charge in [0.15, 0.2) is 4.96 Å². The van der Waals surface area contributed by atoms with Crippen LogP contribution in [0.15, 0.2) is 30.6 Å². The number of alkyl halides is 3. The number of rotatable bonds is 1. The quantitative estimate of drug-likeness (QED) is 0.715. The standard InChI is InChI=1S/C10H7N3OS.C2HF3O2/c11-9(14)6-1-2-7-8(5-6)15-10-12-3-4-13(7)10;3-2(4,5)1(6)7/h1-5H,(H2,11,14);(H,6,7). The first-order valence-electron chi connectivity index (χ1n) is 5.65.